The van der Waals surface area contributed by atoms with E-state index in [1.54, 1.807) is 24.3 Å². The molecule has 0 unspecified atom stereocenters. The molecule has 0 aromatic heterocycles. The van der Waals surface area contributed by atoms with Crippen molar-refractivity contribution in [1.29, 1.82) is 0 Å². The number of carboxylic acids is 1. The smallest absolute Gasteiger partial charge is 0.319 e. The number of benzene rings is 1. The Balaban J connectivity index is 2.17. The molecule has 2 N–H and O–H groups in total. The second kappa shape index (κ2) is 5.30. The highest BCUT2D eigenvalue weighted by Crippen LogP contribution is 2.42. The molecule has 1 aliphatic carbocycles. The zero-order valence-corrected chi connectivity index (χ0v) is 10.8. The number of hydrogen-bond acceptors (Lipinski definition) is 3. The predicted molar refractivity (Wildman–Crippen MR) is 70.2 cm³/mol. The van der Waals surface area contributed by atoms with Gasteiger partial charge in [-0.2, -0.15) is 0 Å². The molecule has 1 fully saturated rings. The minimum Gasteiger partial charge on any atom is -0.492 e. The van der Waals surface area contributed by atoms with Crippen LogP contribution in [0, 0.1) is 5.41 Å². The zero-order valence-electron chi connectivity index (χ0n) is 10.8. The summed E-state index contributed by atoms with van der Waals surface area (Å²) < 4.78 is 5.40. The third-order valence-corrected chi connectivity index (χ3v) is 3.49. The average molecular weight is 263 g/mol. The number of ether oxygens (including phenoxy) is 1. The lowest BCUT2D eigenvalue weighted by molar-refractivity contribution is -0.159. The van der Waals surface area contributed by atoms with E-state index >= 15 is 0 Å². The van der Waals surface area contributed by atoms with Gasteiger partial charge in [0.2, 0.25) is 5.91 Å². The average Bonchev–Trinajstić information content (AvgIpc) is 2.30. The molecule has 0 aliphatic heterocycles. The Morgan fingerprint density at radius 3 is 2.58 bits per heavy atom. The van der Waals surface area contributed by atoms with Gasteiger partial charge < -0.3 is 15.2 Å². The lowest BCUT2D eigenvalue weighted by Gasteiger charge is -2.35. The zero-order chi connectivity index (χ0) is 13.9. The highest BCUT2D eigenvalue weighted by molar-refractivity contribution is 6.09. The molecule has 102 valence electrons. The quantitative estimate of drug-likeness (QED) is 0.799. The Morgan fingerprint density at radius 2 is 2.05 bits per heavy atom. The van der Waals surface area contributed by atoms with Crippen molar-refractivity contribution in [2.24, 2.45) is 5.41 Å². The van der Waals surface area contributed by atoms with Crippen molar-refractivity contribution in [3.8, 4) is 5.75 Å². The monoisotopic (exact) mass is 263 g/mol. The highest BCUT2D eigenvalue weighted by Gasteiger charge is 2.51. The first-order valence-corrected chi connectivity index (χ1v) is 6.37. The molecule has 1 aromatic carbocycles. The molecule has 1 aromatic rings. The second-order valence-corrected chi connectivity index (χ2v) is 4.62. The van der Waals surface area contributed by atoms with Crippen molar-refractivity contribution in [3.05, 3.63) is 24.3 Å². The Hall–Kier alpha value is -2.04. The van der Waals surface area contributed by atoms with Gasteiger partial charge in [0.1, 0.15) is 11.2 Å². The molecule has 5 nitrogen and oxygen atoms in total. The first kappa shape index (κ1) is 13.4. The van der Waals surface area contributed by atoms with Crippen LogP contribution < -0.4 is 10.1 Å². The third-order valence-electron chi connectivity index (χ3n) is 3.49. The standard InChI is InChI=1S/C14H17NO4/c1-2-19-11-7-4-3-6-10(11)15-12(16)14(13(17)18)8-5-9-14/h3-4,6-7H,2,5,8-9H2,1H3,(H,15,16)(H,17,18). The second-order valence-electron chi connectivity index (χ2n) is 4.62. The third kappa shape index (κ3) is 2.41. The summed E-state index contributed by atoms with van der Waals surface area (Å²) >= 11 is 0. The lowest BCUT2D eigenvalue weighted by Crippen LogP contribution is -2.48. The van der Waals surface area contributed by atoms with Crippen LogP contribution in [0.4, 0.5) is 5.69 Å². The van der Waals surface area contributed by atoms with Gasteiger partial charge in [-0.25, -0.2) is 0 Å². The van der Waals surface area contributed by atoms with Gasteiger partial charge in [-0.05, 0) is 31.9 Å². The van der Waals surface area contributed by atoms with Gasteiger partial charge in [-0.1, -0.05) is 18.6 Å². The summed E-state index contributed by atoms with van der Waals surface area (Å²) in [6, 6.07) is 7.02. The molecule has 0 saturated heterocycles. The van der Waals surface area contributed by atoms with E-state index < -0.39 is 17.3 Å². The Morgan fingerprint density at radius 1 is 1.37 bits per heavy atom. The fourth-order valence-electron chi connectivity index (χ4n) is 2.16. The van der Waals surface area contributed by atoms with Gasteiger partial charge in [-0.3, -0.25) is 9.59 Å². The molecule has 5 heteroatoms. The summed E-state index contributed by atoms with van der Waals surface area (Å²) in [5.41, 5.74) is -0.749. The predicted octanol–water partition coefficient (Wildman–Crippen LogP) is 2.28. The van der Waals surface area contributed by atoms with Crippen LogP contribution in [0.5, 0.6) is 5.75 Å². The van der Waals surface area contributed by atoms with Crippen molar-refractivity contribution >= 4 is 17.6 Å². The number of nitrogens with one attached hydrogen (secondary N) is 1. The van der Waals surface area contributed by atoms with Crippen LogP contribution in [0.1, 0.15) is 26.2 Å². The number of amides is 1. The van der Waals surface area contributed by atoms with E-state index in [1.165, 1.54) is 0 Å². The summed E-state index contributed by atoms with van der Waals surface area (Å²) in [6.45, 7) is 2.33. The van der Waals surface area contributed by atoms with E-state index in [4.69, 9.17) is 4.74 Å². The largest absolute Gasteiger partial charge is 0.492 e. The van der Waals surface area contributed by atoms with E-state index in [2.05, 4.69) is 5.32 Å². The molecular formula is C14H17NO4. The van der Waals surface area contributed by atoms with E-state index in [0.29, 0.717) is 30.9 Å². The van der Waals surface area contributed by atoms with Crippen LogP contribution in [0.2, 0.25) is 0 Å². The molecule has 0 bridgehead atoms. The normalized spacial score (nSPS) is 16.3. The number of carbonyl (C=O) groups is 2. The number of aliphatic carboxylic acids is 1. The number of anilines is 1. The molecule has 1 saturated carbocycles. The fourth-order valence-corrected chi connectivity index (χ4v) is 2.16. The molecule has 0 spiro atoms. The number of rotatable bonds is 5. The summed E-state index contributed by atoms with van der Waals surface area (Å²) in [5.74, 6) is -0.957. The van der Waals surface area contributed by atoms with Crippen LogP contribution >= 0.6 is 0 Å². The molecule has 0 radical (unpaired) electrons. The maximum Gasteiger partial charge on any atom is 0.319 e. The van der Waals surface area contributed by atoms with E-state index in [1.807, 2.05) is 6.92 Å². The molecule has 0 heterocycles. The lowest BCUT2D eigenvalue weighted by atomic mass is 9.68. The maximum atomic E-state index is 12.2. The van der Waals surface area contributed by atoms with Crippen molar-refractivity contribution in [2.75, 3.05) is 11.9 Å². The first-order chi connectivity index (χ1) is 9.10. The van der Waals surface area contributed by atoms with Crippen LogP contribution in [-0.2, 0) is 9.59 Å². The van der Waals surface area contributed by atoms with Crippen molar-refractivity contribution in [3.63, 3.8) is 0 Å². The molecule has 0 atom stereocenters. The van der Waals surface area contributed by atoms with Crippen molar-refractivity contribution in [2.45, 2.75) is 26.2 Å². The number of carbonyl (C=O) groups excluding carboxylic acids is 1. The first-order valence-electron chi connectivity index (χ1n) is 6.37. The minimum atomic E-state index is -1.26. The molecule has 2 rings (SSSR count). The molecular weight excluding hydrogens is 246 g/mol. The highest BCUT2D eigenvalue weighted by atomic mass is 16.5. The summed E-state index contributed by atoms with van der Waals surface area (Å²) in [4.78, 5) is 23.4. The van der Waals surface area contributed by atoms with E-state index in [-0.39, 0.29) is 0 Å². The van der Waals surface area contributed by atoms with Gasteiger partial charge >= 0.3 is 5.97 Å². The number of hydrogen-bond donors (Lipinski definition) is 2. The summed E-state index contributed by atoms with van der Waals surface area (Å²) in [7, 11) is 0. The van der Waals surface area contributed by atoms with Crippen LogP contribution in [0.15, 0.2) is 24.3 Å². The van der Waals surface area contributed by atoms with Crippen molar-refractivity contribution < 1.29 is 19.4 Å². The van der Waals surface area contributed by atoms with Gasteiger partial charge in [0.25, 0.3) is 0 Å². The number of para-hydroxylation sites is 2. The Kier molecular flexibility index (Phi) is 3.74. The van der Waals surface area contributed by atoms with Gasteiger partial charge in [0, 0.05) is 0 Å². The molecule has 1 aliphatic rings. The van der Waals surface area contributed by atoms with Gasteiger partial charge in [0.05, 0.1) is 12.3 Å². The van der Waals surface area contributed by atoms with E-state index in [9.17, 15) is 14.7 Å². The van der Waals surface area contributed by atoms with Crippen LogP contribution in [-0.4, -0.2) is 23.6 Å². The van der Waals surface area contributed by atoms with Crippen LogP contribution in [0.3, 0.4) is 0 Å². The summed E-state index contributed by atoms with van der Waals surface area (Å²) in [6.07, 6.45) is 1.56. The van der Waals surface area contributed by atoms with Gasteiger partial charge in [-0.15, -0.1) is 0 Å². The number of carboxylic acid groups (broad SMARTS) is 1. The van der Waals surface area contributed by atoms with Gasteiger partial charge in [0.15, 0.2) is 0 Å². The van der Waals surface area contributed by atoms with Crippen LogP contribution in [0.25, 0.3) is 0 Å². The maximum absolute atomic E-state index is 12.2. The molecule has 19 heavy (non-hydrogen) atoms. The molecule has 1 amide bonds. The van der Waals surface area contributed by atoms with Crippen molar-refractivity contribution in [1.82, 2.24) is 0 Å². The minimum absolute atomic E-state index is 0.394. The van der Waals surface area contributed by atoms with E-state index in [0.717, 1.165) is 6.42 Å². The summed E-state index contributed by atoms with van der Waals surface area (Å²) in [5, 5.41) is 11.9. The SMILES string of the molecule is CCOc1ccccc1NC(=O)C1(C(=O)O)CCC1. The topological polar surface area (TPSA) is 75.6 Å². The Labute approximate surface area is 111 Å². The fraction of sp³-hybridized carbons (Fsp3) is 0.429. The Bertz CT molecular complexity index is 494.